The number of rotatable bonds is 8. The largest absolute Gasteiger partial charge is 0.312 e. The van der Waals surface area contributed by atoms with E-state index in [0.717, 1.165) is 22.7 Å². The third-order valence-electron chi connectivity index (χ3n) is 3.19. The number of thiophene rings is 1. The van der Waals surface area contributed by atoms with Crippen LogP contribution in [0.3, 0.4) is 0 Å². The molecule has 1 aromatic heterocycles. The maximum Gasteiger partial charge on any atom is 0.244 e. The Hall–Kier alpha value is -0.0800. The van der Waals surface area contributed by atoms with Crippen LogP contribution in [-0.2, 0) is 16.6 Å². The Morgan fingerprint density at radius 3 is 2.70 bits per heavy atom. The third kappa shape index (κ3) is 3.98. The second-order valence-electron chi connectivity index (χ2n) is 4.78. The minimum Gasteiger partial charge on any atom is -0.312 e. The van der Waals surface area contributed by atoms with Gasteiger partial charge in [0.05, 0.1) is 0 Å². The molecule has 4 nitrogen and oxygen atoms in total. The van der Waals surface area contributed by atoms with E-state index in [1.54, 1.807) is 18.8 Å². The summed E-state index contributed by atoms with van der Waals surface area (Å²) in [7, 11) is -1.75. The van der Waals surface area contributed by atoms with Crippen LogP contribution in [0.2, 0.25) is 0 Å². The Morgan fingerprint density at radius 2 is 2.15 bits per heavy atom. The highest BCUT2D eigenvalue weighted by atomic mass is 32.2. The van der Waals surface area contributed by atoms with E-state index in [1.807, 2.05) is 32.4 Å². The van der Waals surface area contributed by atoms with Gasteiger partial charge in [0.25, 0.3) is 0 Å². The van der Waals surface area contributed by atoms with Crippen LogP contribution in [0.5, 0.6) is 0 Å². The van der Waals surface area contributed by atoms with E-state index in [9.17, 15) is 8.42 Å². The number of nitrogens with one attached hydrogen (secondary N) is 1. The summed E-state index contributed by atoms with van der Waals surface area (Å²) < 4.78 is 27.1. The normalized spacial score (nSPS) is 13.9. The zero-order valence-electron chi connectivity index (χ0n) is 12.8. The van der Waals surface area contributed by atoms with Gasteiger partial charge in [0.1, 0.15) is 4.90 Å². The lowest BCUT2D eigenvalue weighted by Crippen LogP contribution is -2.37. The fraction of sp³-hybridized carbons (Fsp3) is 0.692. The van der Waals surface area contributed by atoms with E-state index in [4.69, 9.17) is 0 Å². The standard InChI is InChI=1S/C13H24N2O2S3/c1-6-14-7-12-13(10(2)8-19-12)20(16,17)15(4)11(3)9-18-5/h8,11,14H,6-7,9H2,1-5H3. The lowest BCUT2D eigenvalue weighted by molar-refractivity contribution is 0.414. The maximum atomic E-state index is 12.8. The molecule has 0 saturated heterocycles. The Bertz CT molecular complexity index is 526. The quantitative estimate of drug-likeness (QED) is 0.792. The van der Waals surface area contributed by atoms with Crippen LogP contribution in [0.25, 0.3) is 0 Å². The number of nitrogens with zero attached hydrogens (tertiary/aromatic N) is 1. The van der Waals surface area contributed by atoms with Gasteiger partial charge in [0, 0.05) is 30.3 Å². The zero-order valence-corrected chi connectivity index (χ0v) is 15.2. The van der Waals surface area contributed by atoms with Crippen LogP contribution in [0.15, 0.2) is 10.3 Å². The van der Waals surface area contributed by atoms with Crippen LogP contribution >= 0.6 is 23.1 Å². The summed E-state index contributed by atoms with van der Waals surface area (Å²) >= 11 is 3.17. The molecule has 0 aromatic carbocycles. The van der Waals surface area contributed by atoms with Gasteiger partial charge in [0.15, 0.2) is 0 Å². The summed E-state index contributed by atoms with van der Waals surface area (Å²) in [5, 5.41) is 5.13. The first kappa shape index (κ1) is 18.0. The van der Waals surface area contributed by atoms with Crippen molar-refractivity contribution in [2.24, 2.45) is 0 Å². The molecule has 0 aliphatic carbocycles. The number of hydrogen-bond donors (Lipinski definition) is 1. The predicted molar refractivity (Wildman–Crippen MR) is 89.2 cm³/mol. The maximum absolute atomic E-state index is 12.8. The smallest absolute Gasteiger partial charge is 0.244 e. The van der Waals surface area contributed by atoms with E-state index >= 15 is 0 Å². The van der Waals surface area contributed by atoms with Crippen LogP contribution in [0.4, 0.5) is 0 Å². The zero-order chi connectivity index (χ0) is 15.3. The van der Waals surface area contributed by atoms with E-state index in [-0.39, 0.29) is 6.04 Å². The molecule has 1 unspecified atom stereocenters. The molecular weight excluding hydrogens is 312 g/mol. The molecular formula is C13H24N2O2S3. The molecule has 116 valence electrons. The van der Waals surface area contributed by atoms with Gasteiger partial charge in [-0.15, -0.1) is 11.3 Å². The number of aryl methyl sites for hydroxylation is 1. The molecule has 0 radical (unpaired) electrons. The minimum atomic E-state index is -3.42. The summed E-state index contributed by atoms with van der Waals surface area (Å²) in [6, 6.07) is -0.0127. The second-order valence-corrected chi connectivity index (χ2v) is 8.59. The van der Waals surface area contributed by atoms with Crippen LogP contribution in [-0.4, -0.2) is 44.4 Å². The Balaban J connectivity index is 3.11. The van der Waals surface area contributed by atoms with Crippen molar-refractivity contribution in [2.45, 2.75) is 38.3 Å². The highest BCUT2D eigenvalue weighted by Crippen LogP contribution is 2.30. The highest BCUT2D eigenvalue weighted by Gasteiger charge is 2.29. The fourth-order valence-corrected chi connectivity index (χ4v) is 5.81. The number of sulfonamides is 1. The number of thioether (sulfide) groups is 1. The molecule has 1 rings (SSSR count). The van der Waals surface area contributed by atoms with Crippen molar-refractivity contribution in [1.82, 2.24) is 9.62 Å². The minimum absolute atomic E-state index is 0.0127. The van der Waals surface area contributed by atoms with Crippen molar-refractivity contribution in [2.75, 3.05) is 25.6 Å². The SMILES string of the molecule is CCNCc1scc(C)c1S(=O)(=O)N(C)C(C)CSC. The van der Waals surface area contributed by atoms with E-state index in [1.165, 1.54) is 15.6 Å². The molecule has 7 heteroatoms. The lowest BCUT2D eigenvalue weighted by atomic mass is 10.3. The molecule has 1 heterocycles. The topological polar surface area (TPSA) is 49.4 Å². The van der Waals surface area contributed by atoms with Gasteiger partial charge in [-0.1, -0.05) is 6.92 Å². The Kier molecular flexibility index (Phi) is 7.00. The van der Waals surface area contributed by atoms with Crippen molar-refractivity contribution in [3.05, 3.63) is 15.8 Å². The van der Waals surface area contributed by atoms with E-state index in [0.29, 0.717) is 11.4 Å². The van der Waals surface area contributed by atoms with Crippen molar-refractivity contribution < 1.29 is 8.42 Å². The van der Waals surface area contributed by atoms with Crippen LogP contribution in [0.1, 0.15) is 24.3 Å². The molecule has 0 amide bonds. The fourth-order valence-electron chi connectivity index (χ4n) is 1.92. The monoisotopic (exact) mass is 336 g/mol. The average Bonchev–Trinajstić information content (AvgIpc) is 2.77. The first-order chi connectivity index (χ1) is 9.36. The summed E-state index contributed by atoms with van der Waals surface area (Å²) in [5.41, 5.74) is 0.839. The van der Waals surface area contributed by atoms with Gasteiger partial charge in [-0.25, -0.2) is 8.42 Å². The first-order valence-corrected chi connectivity index (χ1v) is 10.3. The molecule has 20 heavy (non-hydrogen) atoms. The summed E-state index contributed by atoms with van der Waals surface area (Å²) in [5.74, 6) is 0.793. The first-order valence-electron chi connectivity index (χ1n) is 6.60. The summed E-state index contributed by atoms with van der Waals surface area (Å²) in [6.07, 6.45) is 1.99. The highest BCUT2D eigenvalue weighted by molar-refractivity contribution is 7.98. The van der Waals surface area contributed by atoms with Crippen molar-refractivity contribution in [3.63, 3.8) is 0 Å². The van der Waals surface area contributed by atoms with E-state index in [2.05, 4.69) is 5.32 Å². The molecule has 0 aliphatic rings. The predicted octanol–water partition coefficient (Wildman–Crippen LogP) is 2.54. The van der Waals surface area contributed by atoms with Crippen molar-refractivity contribution in [1.29, 1.82) is 0 Å². The van der Waals surface area contributed by atoms with Gasteiger partial charge in [0.2, 0.25) is 10.0 Å². The molecule has 0 aliphatic heterocycles. The Morgan fingerprint density at radius 1 is 1.50 bits per heavy atom. The van der Waals surface area contributed by atoms with Gasteiger partial charge < -0.3 is 5.32 Å². The lowest BCUT2D eigenvalue weighted by Gasteiger charge is -2.24. The van der Waals surface area contributed by atoms with Crippen LogP contribution in [0, 0.1) is 6.92 Å². The van der Waals surface area contributed by atoms with Gasteiger partial charge in [-0.2, -0.15) is 16.1 Å². The van der Waals surface area contributed by atoms with Crippen LogP contribution < -0.4 is 5.32 Å². The Labute approximate surface area is 131 Å². The van der Waals surface area contributed by atoms with Gasteiger partial charge >= 0.3 is 0 Å². The van der Waals surface area contributed by atoms with E-state index < -0.39 is 10.0 Å². The molecule has 1 N–H and O–H groups in total. The second kappa shape index (κ2) is 7.79. The molecule has 0 bridgehead atoms. The molecule has 0 fully saturated rings. The molecule has 1 aromatic rings. The van der Waals surface area contributed by atoms with Gasteiger partial charge in [-0.3, -0.25) is 0 Å². The molecule has 1 atom stereocenters. The molecule has 0 saturated carbocycles. The number of hydrogen-bond acceptors (Lipinski definition) is 5. The average molecular weight is 337 g/mol. The molecule has 0 spiro atoms. The summed E-state index contributed by atoms with van der Waals surface area (Å²) in [4.78, 5) is 1.38. The third-order valence-corrected chi connectivity index (χ3v) is 7.44. The van der Waals surface area contributed by atoms with Crippen molar-refractivity contribution in [3.8, 4) is 0 Å². The van der Waals surface area contributed by atoms with Crippen molar-refractivity contribution >= 4 is 33.1 Å². The summed E-state index contributed by atoms with van der Waals surface area (Å²) in [6.45, 7) is 7.26. The van der Waals surface area contributed by atoms with Gasteiger partial charge in [-0.05, 0) is 37.6 Å².